The molecule has 0 atom stereocenters. The topological polar surface area (TPSA) is 110 Å². The molecule has 0 fully saturated rings. The minimum atomic E-state index is -0.499. The number of anilines is 2. The third-order valence-electron chi connectivity index (χ3n) is 4.30. The molecule has 0 spiro atoms. The standard InChI is InChI=1S/C21H17N5O/c22-18-17(20(23)25-26-21(18)27)19(24-16-8-2-1-3-9-16)15-11-10-13-6-4-5-7-14(13)12-15/h1-12H,(H,26,27)(H4,22,23,25). The zero-order valence-corrected chi connectivity index (χ0v) is 14.4. The molecule has 0 radical (unpaired) electrons. The molecule has 5 N–H and O–H groups in total. The predicted octanol–water partition coefficient (Wildman–Crippen LogP) is 3.26. The van der Waals surface area contributed by atoms with Crippen LogP contribution in [0.1, 0.15) is 11.1 Å². The van der Waals surface area contributed by atoms with E-state index in [9.17, 15) is 4.79 Å². The molecule has 4 rings (SSSR count). The summed E-state index contributed by atoms with van der Waals surface area (Å²) in [5.74, 6) is 0.120. The van der Waals surface area contributed by atoms with Crippen molar-refractivity contribution in [1.82, 2.24) is 10.2 Å². The van der Waals surface area contributed by atoms with Gasteiger partial charge in [-0.3, -0.25) is 4.79 Å². The molecule has 0 bridgehead atoms. The third kappa shape index (κ3) is 3.16. The highest BCUT2D eigenvalue weighted by atomic mass is 16.1. The van der Waals surface area contributed by atoms with Gasteiger partial charge in [-0.2, -0.15) is 5.10 Å². The molecule has 0 aliphatic heterocycles. The van der Waals surface area contributed by atoms with E-state index in [4.69, 9.17) is 16.5 Å². The molecule has 4 aromatic rings. The van der Waals surface area contributed by atoms with E-state index in [1.165, 1.54) is 0 Å². The lowest BCUT2D eigenvalue weighted by Gasteiger charge is -2.12. The van der Waals surface area contributed by atoms with Gasteiger partial charge in [-0.15, -0.1) is 0 Å². The number of benzene rings is 3. The van der Waals surface area contributed by atoms with Crippen LogP contribution >= 0.6 is 0 Å². The van der Waals surface area contributed by atoms with Crippen LogP contribution < -0.4 is 17.0 Å². The van der Waals surface area contributed by atoms with Crippen LogP contribution in [0, 0.1) is 0 Å². The van der Waals surface area contributed by atoms with Gasteiger partial charge in [0.15, 0.2) is 5.82 Å². The molecule has 27 heavy (non-hydrogen) atoms. The predicted molar refractivity (Wildman–Crippen MR) is 109 cm³/mol. The number of rotatable bonds is 3. The van der Waals surface area contributed by atoms with Crippen LogP contribution in [0.15, 0.2) is 82.6 Å². The third-order valence-corrected chi connectivity index (χ3v) is 4.30. The van der Waals surface area contributed by atoms with Gasteiger partial charge in [0.05, 0.1) is 17.0 Å². The second-order valence-corrected chi connectivity index (χ2v) is 6.08. The van der Waals surface area contributed by atoms with E-state index in [0.717, 1.165) is 22.0 Å². The van der Waals surface area contributed by atoms with Gasteiger partial charge >= 0.3 is 0 Å². The molecular weight excluding hydrogens is 338 g/mol. The Labute approximate surface area is 155 Å². The van der Waals surface area contributed by atoms with Gasteiger partial charge in [0.1, 0.15) is 5.69 Å². The van der Waals surface area contributed by atoms with Crippen molar-refractivity contribution in [2.24, 2.45) is 4.99 Å². The van der Waals surface area contributed by atoms with Crippen LogP contribution in [0.3, 0.4) is 0 Å². The molecule has 1 heterocycles. The van der Waals surface area contributed by atoms with Gasteiger partial charge in [0.2, 0.25) is 0 Å². The fourth-order valence-electron chi connectivity index (χ4n) is 2.96. The maximum absolute atomic E-state index is 12.0. The van der Waals surface area contributed by atoms with Crippen LogP contribution in [0.5, 0.6) is 0 Å². The first-order chi connectivity index (χ1) is 13.1. The number of nitrogens with two attached hydrogens (primary N) is 2. The van der Waals surface area contributed by atoms with Crippen LogP contribution in [-0.2, 0) is 0 Å². The van der Waals surface area contributed by atoms with E-state index in [0.29, 0.717) is 11.3 Å². The first kappa shape index (κ1) is 16.5. The number of hydrogen-bond acceptors (Lipinski definition) is 5. The van der Waals surface area contributed by atoms with Crippen LogP contribution in [-0.4, -0.2) is 15.9 Å². The lowest BCUT2D eigenvalue weighted by molar-refractivity contribution is 1.000. The van der Waals surface area contributed by atoms with Crippen LogP contribution in [0.4, 0.5) is 17.2 Å². The molecule has 1 aromatic heterocycles. The number of H-pyrrole nitrogens is 1. The van der Waals surface area contributed by atoms with E-state index >= 15 is 0 Å². The van der Waals surface area contributed by atoms with Gasteiger partial charge in [-0.25, -0.2) is 10.1 Å². The van der Waals surface area contributed by atoms with Crippen molar-refractivity contribution in [3.8, 4) is 0 Å². The summed E-state index contributed by atoms with van der Waals surface area (Å²) in [6, 6.07) is 23.4. The van der Waals surface area contributed by atoms with Crippen molar-refractivity contribution in [3.05, 3.63) is 94.3 Å². The smallest absolute Gasteiger partial charge is 0.288 e. The lowest BCUT2D eigenvalue weighted by atomic mass is 9.98. The minimum Gasteiger partial charge on any atom is -0.394 e. The second-order valence-electron chi connectivity index (χ2n) is 6.08. The Morgan fingerprint density at radius 3 is 2.37 bits per heavy atom. The van der Waals surface area contributed by atoms with E-state index < -0.39 is 5.56 Å². The Bertz CT molecular complexity index is 1210. The summed E-state index contributed by atoms with van der Waals surface area (Å²) in [5, 5.41) is 8.32. The summed E-state index contributed by atoms with van der Waals surface area (Å²) < 4.78 is 0. The number of aromatic amines is 1. The van der Waals surface area contributed by atoms with Gasteiger partial charge in [0, 0.05) is 5.56 Å². The highest BCUT2D eigenvalue weighted by Crippen LogP contribution is 2.25. The monoisotopic (exact) mass is 355 g/mol. The molecular formula is C21H17N5O. The zero-order chi connectivity index (χ0) is 18.8. The maximum atomic E-state index is 12.0. The van der Waals surface area contributed by atoms with Gasteiger partial charge in [-0.1, -0.05) is 54.6 Å². The number of fused-ring (bicyclic) bond motifs is 1. The summed E-state index contributed by atoms with van der Waals surface area (Å²) in [5.41, 5.74) is 13.9. The van der Waals surface area contributed by atoms with Crippen molar-refractivity contribution in [3.63, 3.8) is 0 Å². The quantitative estimate of drug-likeness (QED) is 0.490. The van der Waals surface area contributed by atoms with Gasteiger partial charge < -0.3 is 11.5 Å². The van der Waals surface area contributed by atoms with E-state index in [-0.39, 0.29) is 11.5 Å². The van der Waals surface area contributed by atoms with Crippen molar-refractivity contribution in [2.75, 3.05) is 11.5 Å². The highest BCUT2D eigenvalue weighted by Gasteiger charge is 2.18. The number of nitrogens with zero attached hydrogens (tertiary/aromatic N) is 2. The maximum Gasteiger partial charge on any atom is 0.288 e. The van der Waals surface area contributed by atoms with Gasteiger partial charge in [0.25, 0.3) is 5.56 Å². The number of nitrogen functional groups attached to an aromatic ring is 2. The Hall–Kier alpha value is -3.93. The molecule has 0 saturated heterocycles. The number of aromatic nitrogens is 2. The first-order valence-electron chi connectivity index (χ1n) is 8.40. The summed E-state index contributed by atoms with van der Waals surface area (Å²) in [6.45, 7) is 0. The Morgan fingerprint density at radius 2 is 1.59 bits per heavy atom. The second kappa shape index (κ2) is 6.76. The Morgan fingerprint density at radius 1 is 0.889 bits per heavy atom. The normalized spacial score (nSPS) is 11.6. The van der Waals surface area contributed by atoms with Gasteiger partial charge in [-0.05, 0) is 29.0 Å². The molecule has 3 aromatic carbocycles. The fraction of sp³-hybridized carbons (Fsp3) is 0. The van der Waals surface area contributed by atoms with Crippen LogP contribution in [0.25, 0.3) is 10.8 Å². The molecule has 6 heteroatoms. The summed E-state index contributed by atoms with van der Waals surface area (Å²) in [4.78, 5) is 16.8. The SMILES string of the molecule is Nc1n[nH]c(=O)c(N)c1C(=Nc1ccccc1)c1ccc2ccccc2c1. The number of aliphatic imine (C=N–C) groups is 1. The summed E-state index contributed by atoms with van der Waals surface area (Å²) >= 11 is 0. The molecule has 0 aliphatic rings. The van der Waals surface area contributed by atoms with E-state index in [2.05, 4.69) is 10.2 Å². The lowest BCUT2D eigenvalue weighted by Crippen LogP contribution is -2.22. The largest absolute Gasteiger partial charge is 0.394 e. The number of nitrogens with one attached hydrogen (secondary N) is 1. The summed E-state index contributed by atoms with van der Waals surface area (Å²) in [6.07, 6.45) is 0. The molecule has 0 saturated carbocycles. The molecule has 0 aliphatic carbocycles. The van der Waals surface area contributed by atoms with E-state index in [1.54, 1.807) is 0 Å². The van der Waals surface area contributed by atoms with Crippen LogP contribution in [0.2, 0.25) is 0 Å². The van der Waals surface area contributed by atoms with Crippen molar-refractivity contribution < 1.29 is 0 Å². The van der Waals surface area contributed by atoms with Crippen molar-refractivity contribution in [2.45, 2.75) is 0 Å². The Balaban J connectivity index is 2.01. The molecule has 0 amide bonds. The summed E-state index contributed by atoms with van der Waals surface area (Å²) in [7, 11) is 0. The average Bonchev–Trinajstić information content (AvgIpc) is 2.71. The van der Waals surface area contributed by atoms with E-state index in [1.807, 2.05) is 72.8 Å². The van der Waals surface area contributed by atoms with Crippen molar-refractivity contribution >= 4 is 33.7 Å². The molecule has 132 valence electrons. The minimum absolute atomic E-state index is 0.00894. The zero-order valence-electron chi connectivity index (χ0n) is 14.4. The fourth-order valence-corrected chi connectivity index (χ4v) is 2.96. The molecule has 0 unspecified atom stereocenters. The number of para-hydroxylation sites is 1. The highest BCUT2D eigenvalue weighted by molar-refractivity contribution is 6.19. The average molecular weight is 355 g/mol. The van der Waals surface area contributed by atoms with Crippen molar-refractivity contribution in [1.29, 1.82) is 0 Å². The number of hydrogen-bond donors (Lipinski definition) is 3. The first-order valence-corrected chi connectivity index (χ1v) is 8.40. The molecule has 6 nitrogen and oxygen atoms in total. The Kier molecular flexibility index (Phi) is 4.14.